The minimum Gasteiger partial charge on any atom is -0.462 e. The van der Waals surface area contributed by atoms with E-state index < -0.39 is 32.5 Å². The number of hydrogen-bond donors (Lipinski definition) is 2. The van der Waals surface area contributed by atoms with E-state index in [1.54, 1.807) is 0 Å². The summed E-state index contributed by atoms with van der Waals surface area (Å²) in [7, 11) is -4.77. The Labute approximate surface area is 344 Å². The third-order valence-electron chi connectivity index (χ3n) is 9.85. The van der Waals surface area contributed by atoms with E-state index >= 15 is 0 Å². The third-order valence-corrected chi connectivity index (χ3v) is 10.3. The zero-order valence-electron chi connectivity index (χ0n) is 36.0. The van der Waals surface area contributed by atoms with Gasteiger partial charge in [0, 0.05) is 12.8 Å². The molecule has 0 saturated carbocycles. The zero-order valence-corrected chi connectivity index (χ0v) is 36.9. The highest BCUT2D eigenvalue weighted by Crippen LogP contribution is 2.36. The number of phosphoric ester groups is 1. The molecule has 56 heavy (non-hydrogen) atoms. The van der Waals surface area contributed by atoms with E-state index in [2.05, 4.69) is 60.9 Å². The highest BCUT2D eigenvalue weighted by atomic mass is 31.2. The Kier molecular flexibility index (Phi) is 41.1. The number of allylic oxidation sites excluding steroid dienone is 8. The SMILES string of the molecule is CCCCC/C=C/C/C=C/C/C=C/C/C=C/CCCC(=O)OC[C@H](COP(=O)(O)O)OC(=O)CCCCCCCCCCCCCCCCCCCCCCC. The van der Waals surface area contributed by atoms with Crippen molar-refractivity contribution in [2.45, 2.75) is 225 Å². The zero-order chi connectivity index (χ0) is 41.1. The Morgan fingerprint density at radius 3 is 1.25 bits per heavy atom. The fourth-order valence-electron chi connectivity index (χ4n) is 6.43. The van der Waals surface area contributed by atoms with Gasteiger partial charge in [-0.1, -0.05) is 204 Å². The first-order chi connectivity index (χ1) is 27.3. The number of esters is 2. The molecule has 0 bridgehead atoms. The molecular formula is C47H85O8P. The molecule has 0 aliphatic heterocycles. The first kappa shape index (κ1) is 54.0. The molecule has 0 heterocycles. The fraction of sp³-hybridized carbons (Fsp3) is 0.787. The second-order valence-corrected chi connectivity index (χ2v) is 16.6. The van der Waals surface area contributed by atoms with Crippen LogP contribution in [0.5, 0.6) is 0 Å². The minimum absolute atomic E-state index is 0.192. The van der Waals surface area contributed by atoms with Gasteiger partial charge in [0.15, 0.2) is 6.10 Å². The van der Waals surface area contributed by atoms with Gasteiger partial charge in [-0.15, -0.1) is 0 Å². The van der Waals surface area contributed by atoms with Crippen LogP contribution in [0.1, 0.15) is 219 Å². The van der Waals surface area contributed by atoms with E-state index in [0.717, 1.165) is 44.9 Å². The number of ether oxygens (including phenoxy) is 2. The van der Waals surface area contributed by atoms with Gasteiger partial charge in [0.05, 0.1) is 6.61 Å². The molecule has 2 N–H and O–H groups in total. The van der Waals surface area contributed by atoms with Crippen molar-refractivity contribution in [3.63, 3.8) is 0 Å². The van der Waals surface area contributed by atoms with E-state index in [9.17, 15) is 14.2 Å². The van der Waals surface area contributed by atoms with Crippen molar-refractivity contribution in [1.29, 1.82) is 0 Å². The van der Waals surface area contributed by atoms with Crippen LogP contribution >= 0.6 is 7.82 Å². The molecule has 326 valence electrons. The smallest absolute Gasteiger partial charge is 0.462 e. The summed E-state index contributed by atoms with van der Waals surface area (Å²) < 4.78 is 26.4. The van der Waals surface area contributed by atoms with Gasteiger partial charge in [-0.3, -0.25) is 14.1 Å². The predicted octanol–water partition coefficient (Wildman–Crippen LogP) is 14.3. The lowest BCUT2D eigenvalue weighted by Gasteiger charge is -2.18. The standard InChI is InChI=1S/C47H85O8P/c1-3-5-7-9-11-13-15-17-19-21-22-23-24-26-28-30-32-34-36-38-40-42-47(49)55-45(44-54-56(50,51)52)43-53-46(48)41-39-37-35-33-31-29-27-25-20-18-16-14-12-10-8-6-4-2/h12,14,18,20,27,29,33,35,45H,3-11,13,15-17,19,21-26,28,30-32,34,36-44H2,1-2H3,(H2,50,51,52)/b14-12+,20-18+,29-27+,35-33+/t45-/m1/s1. The van der Waals surface area contributed by atoms with Gasteiger partial charge < -0.3 is 19.3 Å². The topological polar surface area (TPSA) is 119 Å². The lowest BCUT2D eigenvalue weighted by molar-refractivity contribution is -0.161. The summed E-state index contributed by atoms with van der Waals surface area (Å²) in [5.74, 6) is -0.943. The van der Waals surface area contributed by atoms with E-state index in [1.807, 2.05) is 6.08 Å². The van der Waals surface area contributed by atoms with Gasteiger partial charge >= 0.3 is 19.8 Å². The van der Waals surface area contributed by atoms with Crippen LogP contribution in [0.25, 0.3) is 0 Å². The lowest BCUT2D eigenvalue weighted by Crippen LogP contribution is -2.29. The molecule has 0 amide bonds. The molecule has 0 aromatic carbocycles. The third kappa shape index (κ3) is 44.7. The van der Waals surface area contributed by atoms with Crippen molar-refractivity contribution in [2.24, 2.45) is 0 Å². The molecule has 0 fully saturated rings. The van der Waals surface area contributed by atoms with Crippen molar-refractivity contribution in [2.75, 3.05) is 13.2 Å². The highest BCUT2D eigenvalue weighted by molar-refractivity contribution is 7.46. The molecule has 0 aliphatic rings. The van der Waals surface area contributed by atoms with E-state index in [4.69, 9.17) is 19.3 Å². The maximum Gasteiger partial charge on any atom is 0.469 e. The molecule has 9 heteroatoms. The number of unbranched alkanes of at least 4 members (excludes halogenated alkanes) is 24. The Morgan fingerprint density at radius 2 is 0.821 bits per heavy atom. The van der Waals surface area contributed by atoms with Crippen molar-refractivity contribution >= 4 is 19.8 Å². The van der Waals surface area contributed by atoms with Crippen LogP contribution in [0.2, 0.25) is 0 Å². The average molecular weight is 809 g/mol. The Hall–Kier alpha value is -1.99. The van der Waals surface area contributed by atoms with Gasteiger partial charge in [-0.2, -0.15) is 0 Å². The summed E-state index contributed by atoms with van der Waals surface area (Å²) in [6.45, 7) is 3.63. The summed E-state index contributed by atoms with van der Waals surface area (Å²) in [6.07, 6.45) is 52.7. The summed E-state index contributed by atoms with van der Waals surface area (Å²) in [4.78, 5) is 42.9. The molecular weight excluding hydrogens is 723 g/mol. The molecule has 0 unspecified atom stereocenters. The average Bonchev–Trinajstić information content (AvgIpc) is 3.17. The number of carbonyl (C=O) groups excluding carboxylic acids is 2. The second-order valence-electron chi connectivity index (χ2n) is 15.4. The molecule has 8 nitrogen and oxygen atoms in total. The Morgan fingerprint density at radius 1 is 0.464 bits per heavy atom. The lowest BCUT2D eigenvalue weighted by atomic mass is 10.0. The van der Waals surface area contributed by atoms with Gasteiger partial charge in [0.25, 0.3) is 0 Å². The van der Waals surface area contributed by atoms with E-state index in [0.29, 0.717) is 12.8 Å². The number of phosphoric acid groups is 1. The van der Waals surface area contributed by atoms with Gasteiger partial charge in [0.2, 0.25) is 0 Å². The van der Waals surface area contributed by atoms with E-state index in [1.165, 1.54) is 135 Å². The molecule has 0 aromatic rings. The largest absolute Gasteiger partial charge is 0.469 e. The van der Waals surface area contributed by atoms with Crippen molar-refractivity contribution in [3.8, 4) is 0 Å². The van der Waals surface area contributed by atoms with Crippen LogP contribution in [0.15, 0.2) is 48.6 Å². The van der Waals surface area contributed by atoms with Gasteiger partial charge in [0.1, 0.15) is 6.61 Å². The van der Waals surface area contributed by atoms with Gasteiger partial charge in [-0.25, -0.2) is 4.57 Å². The maximum absolute atomic E-state index is 12.4. The maximum atomic E-state index is 12.4. The summed E-state index contributed by atoms with van der Waals surface area (Å²) in [6, 6.07) is 0. The van der Waals surface area contributed by atoms with Crippen molar-refractivity contribution in [3.05, 3.63) is 48.6 Å². The van der Waals surface area contributed by atoms with Crippen LogP contribution in [-0.2, 0) is 28.2 Å². The van der Waals surface area contributed by atoms with Crippen LogP contribution in [0, 0.1) is 0 Å². The summed E-state index contributed by atoms with van der Waals surface area (Å²) in [5, 5.41) is 0. The monoisotopic (exact) mass is 809 g/mol. The molecule has 0 spiro atoms. The first-order valence-corrected chi connectivity index (χ1v) is 24.5. The highest BCUT2D eigenvalue weighted by Gasteiger charge is 2.22. The van der Waals surface area contributed by atoms with Crippen molar-refractivity contribution < 1.29 is 37.9 Å². The number of carbonyl (C=O) groups is 2. The molecule has 0 rings (SSSR count). The molecule has 0 aromatic heterocycles. The quantitative estimate of drug-likeness (QED) is 0.0271. The Balaban J connectivity index is 3.92. The van der Waals surface area contributed by atoms with Crippen LogP contribution in [0.3, 0.4) is 0 Å². The van der Waals surface area contributed by atoms with Crippen LogP contribution in [-0.4, -0.2) is 41.0 Å². The number of hydrogen-bond acceptors (Lipinski definition) is 6. The first-order valence-electron chi connectivity index (χ1n) is 22.9. The predicted molar refractivity (Wildman–Crippen MR) is 234 cm³/mol. The molecule has 1 atom stereocenters. The summed E-state index contributed by atoms with van der Waals surface area (Å²) >= 11 is 0. The summed E-state index contributed by atoms with van der Waals surface area (Å²) in [5.41, 5.74) is 0. The molecule has 0 aliphatic carbocycles. The Bertz CT molecular complexity index is 1050. The second kappa shape index (κ2) is 42.6. The molecule has 0 radical (unpaired) electrons. The normalized spacial score (nSPS) is 12.9. The molecule has 0 saturated heterocycles. The minimum atomic E-state index is -4.77. The van der Waals surface area contributed by atoms with Crippen LogP contribution < -0.4 is 0 Å². The van der Waals surface area contributed by atoms with Gasteiger partial charge in [-0.05, 0) is 51.4 Å². The number of rotatable bonds is 42. The fourth-order valence-corrected chi connectivity index (χ4v) is 6.79. The van der Waals surface area contributed by atoms with E-state index in [-0.39, 0.29) is 19.4 Å². The van der Waals surface area contributed by atoms with Crippen molar-refractivity contribution in [1.82, 2.24) is 0 Å². The van der Waals surface area contributed by atoms with Crippen LogP contribution in [0.4, 0.5) is 0 Å².